The summed E-state index contributed by atoms with van der Waals surface area (Å²) in [5.74, 6) is 0.853. The van der Waals surface area contributed by atoms with Gasteiger partial charge in [-0.1, -0.05) is 18.2 Å². The summed E-state index contributed by atoms with van der Waals surface area (Å²) in [6, 6.07) is 14.0. The Balaban J connectivity index is 2.05. The summed E-state index contributed by atoms with van der Waals surface area (Å²) in [6.45, 7) is 2.05. The van der Waals surface area contributed by atoms with Crippen LogP contribution in [0.5, 0.6) is 0 Å². The number of anilines is 2. The molecule has 1 N–H and O–H groups in total. The topological polar surface area (TPSA) is 37.8 Å². The van der Waals surface area contributed by atoms with E-state index in [-0.39, 0.29) is 0 Å². The number of rotatable bonds is 2. The summed E-state index contributed by atoms with van der Waals surface area (Å²) in [4.78, 5) is 8.65. The highest BCUT2D eigenvalue weighted by atomic mass is 15.0. The van der Waals surface area contributed by atoms with E-state index >= 15 is 0 Å². The Bertz CT molecular complexity index is 687. The van der Waals surface area contributed by atoms with Crippen LogP contribution in [-0.4, -0.2) is 9.97 Å². The van der Waals surface area contributed by atoms with Gasteiger partial charge in [0.1, 0.15) is 5.82 Å². The van der Waals surface area contributed by atoms with Crippen molar-refractivity contribution in [3.8, 4) is 0 Å². The molecule has 0 atom stereocenters. The molecular weight excluding hydrogens is 222 g/mol. The lowest BCUT2D eigenvalue weighted by atomic mass is 10.2. The Morgan fingerprint density at radius 3 is 2.67 bits per heavy atom. The third-order valence-electron chi connectivity index (χ3n) is 2.83. The van der Waals surface area contributed by atoms with Crippen LogP contribution in [0.15, 0.2) is 54.9 Å². The highest BCUT2D eigenvalue weighted by molar-refractivity contribution is 5.92. The minimum absolute atomic E-state index is 0.853. The van der Waals surface area contributed by atoms with Gasteiger partial charge < -0.3 is 5.32 Å². The molecule has 0 spiro atoms. The quantitative estimate of drug-likeness (QED) is 0.736. The summed E-state index contributed by atoms with van der Waals surface area (Å²) < 4.78 is 0. The van der Waals surface area contributed by atoms with Crippen LogP contribution < -0.4 is 5.32 Å². The molecule has 0 aliphatic carbocycles. The van der Waals surface area contributed by atoms with Crippen LogP contribution in [0.25, 0.3) is 10.9 Å². The van der Waals surface area contributed by atoms with E-state index in [1.54, 1.807) is 12.4 Å². The van der Waals surface area contributed by atoms with Crippen molar-refractivity contribution in [1.82, 2.24) is 9.97 Å². The molecular formula is C15H13N3. The molecule has 0 unspecified atom stereocenters. The second-order valence-corrected chi connectivity index (χ2v) is 4.22. The molecule has 0 fully saturated rings. The summed E-state index contributed by atoms with van der Waals surface area (Å²) >= 11 is 0. The van der Waals surface area contributed by atoms with Crippen LogP contribution in [0.1, 0.15) is 5.56 Å². The Morgan fingerprint density at radius 2 is 1.78 bits per heavy atom. The minimum Gasteiger partial charge on any atom is -0.340 e. The Kier molecular flexibility index (Phi) is 2.65. The largest absolute Gasteiger partial charge is 0.340 e. The molecule has 88 valence electrons. The van der Waals surface area contributed by atoms with Gasteiger partial charge in [-0.3, -0.25) is 4.98 Å². The summed E-state index contributed by atoms with van der Waals surface area (Å²) in [5.41, 5.74) is 3.19. The highest BCUT2D eigenvalue weighted by Crippen LogP contribution is 2.23. The summed E-state index contributed by atoms with van der Waals surface area (Å²) in [7, 11) is 0. The molecule has 0 saturated heterocycles. The molecule has 0 bridgehead atoms. The lowest BCUT2D eigenvalue weighted by Gasteiger charge is -2.08. The van der Waals surface area contributed by atoms with Crippen LogP contribution in [-0.2, 0) is 0 Å². The Morgan fingerprint density at radius 1 is 0.944 bits per heavy atom. The molecule has 0 radical (unpaired) electrons. The lowest BCUT2D eigenvalue weighted by Crippen LogP contribution is -1.95. The van der Waals surface area contributed by atoms with Gasteiger partial charge in [0.15, 0.2) is 0 Å². The van der Waals surface area contributed by atoms with Crippen LogP contribution in [0.2, 0.25) is 0 Å². The average molecular weight is 235 g/mol. The molecule has 0 saturated carbocycles. The fraction of sp³-hybridized carbons (Fsp3) is 0.0667. The van der Waals surface area contributed by atoms with E-state index in [1.807, 2.05) is 36.4 Å². The molecule has 18 heavy (non-hydrogen) atoms. The van der Waals surface area contributed by atoms with Gasteiger partial charge >= 0.3 is 0 Å². The summed E-state index contributed by atoms with van der Waals surface area (Å²) in [5, 5.41) is 4.44. The normalized spacial score (nSPS) is 10.5. The van der Waals surface area contributed by atoms with E-state index in [2.05, 4.69) is 28.3 Å². The number of hydrogen-bond acceptors (Lipinski definition) is 3. The monoisotopic (exact) mass is 235 g/mol. The van der Waals surface area contributed by atoms with Crippen molar-refractivity contribution in [3.05, 3.63) is 60.4 Å². The third-order valence-corrected chi connectivity index (χ3v) is 2.83. The van der Waals surface area contributed by atoms with E-state index in [4.69, 9.17) is 0 Å². The SMILES string of the molecule is Cc1ccnc(Nc2ccnc3ccccc23)c1. The van der Waals surface area contributed by atoms with Gasteiger partial charge in [-0.2, -0.15) is 0 Å². The van der Waals surface area contributed by atoms with Crippen molar-refractivity contribution in [2.75, 3.05) is 5.32 Å². The zero-order valence-corrected chi connectivity index (χ0v) is 10.1. The van der Waals surface area contributed by atoms with Gasteiger partial charge in [0, 0.05) is 17.8 Å². The van der Waals surface area contributed by atoms with Gasteiger partial charge in [0.2, 0.25) is 0 Å². The van der Waals surface area contributed by atoms with Gasteiger partial charge in [0.25, 0.3) is 0 Å². The van der Waals surface area contributed by atoms with E-state index in [1.165, 1.54) is 5.56 Å². The van der Waals surface area contributed by atoms with Crippen molar-refractivity contribution >= 4 is 22.4 Å². The van der Waals surface area contributed by atoms with E-state index in [0.29, 0.717) is 0 Å². The zero-order chi connectivity index (χ0) is 12.4. The summed E-state index contributed by atoms with van der Waals surface area (Å²) in [6.07, 6.45) is 3.61. The maximum atomic E-state index is 4.34. The maximum Gasteiger partial charge on any atom is 0.130 e. The van der Waals surface area contributed by atoms with Crippen LogP contribution in [0, 0.1) is 6.92 Å². The molecule has 3 aromatic rings. The van der Waals surface area contributed by atoms with Crippen molar-refractivity contribution < 1.29 is 0 Å². The molecule has 0 amide bonds. The fourth-order valence-corrected chi connectivity index (χ4v) is 1.95. The number of pyridine rings is 2. The van der Waals surface area contributed by atoms with Crippen molar-refractivity contribution in [2.24, 2.45) is 0 Å². The van der Waals surface area contributed by atoms with E-state index < -0.39 is 0 Å². The average Bonchev–Trinajstić information content (AvgIpc) is 2.39. The first kappa shape index (κ1) is 10.7. The van der Waals surface area contributed by atoms with Gasteiger partial charge in [-0.15, -0.1) is 0 Å². The smallest absolute Gasteiger partial charge is 0.130 e. The van der Waals surface area contributed by atoms with Crippen LogP contribution in [0.3, 0.4) is 0 Å². The maximum absolute atomic E-state index is 4.34. The first-order valence-electron chi connectivity index (χ1n) is 5.86. The Hall–Kier alpha value is -2.42. The first-order valence-corrected chi connectivity index (χ1v) is 5.86. The van der Waals surface area contributed by atoms with Gasteiger partial charge in [-0.25, -0.2) is 4.98 Å². The standard InChI is InChI=1S/C15H13N3/c1-11-6-8-17-15(10-11)18-14-7-9-16-13-5-3-2-4-12(13)14/h2-10H,1H3,(H,16,17,18). The number of fused-ring (bicyclic) bond motifs is 1. The number of hydrogen-bond donors (Lipinski definition) is 1. The molecule has 0 aliphatic heterocycles. The molecule has 2 aromatic heterocycles. The van der Waals surface area contributed by atoms with E-state index in [0.717, 1.165) is 22.4 Å². The van der Waals surface area contributed by atoms with Gasteiger partial charge in [0.05, 0.1) is 11.2 Å². The second kappa shape index (κ2) is 4.45. The number of aryl methyl sites for hydroxylation is 1. The van der Waals surface area contributed by atoms with Crippen molar-refractivity contribution in [1.29, 1.82) is 0 Å². The van der Waals surface area contributed by atoms with E-state index in [9.17, 15) is 0 Å². The predicted octanol–water partition coefficient (Wildman–Crippen LogP) is 3.68. The molecule has 2 heterocycles. The number of para-hydroxylation sites is 1. The molecule has 3 heteroatoms. The first-order chi connectivity index (χ1) is 8.83. The number of aromatic nitrogens is 2. The lowest BCUT2D eigenvalue weighted by molar-refractivity contribution is 1.27. The van der Waals surface area contributed by atoms with Gasteiger partial charge in [-0.05, 0) is 36.8 Å². The highest BCUT2D eigenvalue weighted by Gasteiger charge is 2.02. The number of benzene rings is 1. The van der Waals surface area contributed by atoms with Crippen molar-refractivity contribution in [2.45, 2.75) is 6.92 Å². The fourth-order valence-electron chi connectivity index (χ4n) is 1.95. The predicted molar refractivity (Wildman–Crippen MR) is 74.0 cm³/mol. The van der Waals surface area contributed by atoms with Crippen molar-refractivity contribution in [3.63, 3.8) is 0 Å². The zero-order valence-electron chi connectivity index (χ0n) is 10.1. The second-order valence-electron chi connectivity index (χ2n) is 4.22. The van der Waals surface area contributed by atoms with Crippen LogP contribution >= 0.6 is 0 Å². The molecule has 3 rings (SSSR count). The molecule has 3 nitrogen and oxygen atoms in total. The van der Waals surface area contributed by atoms with Crippen LogP contribution in [0.4, 0.5) is 11.5 Å². The number of nitrogens with one attached hydrogen (secondary N) is 1. The molecule has 0 aliphatic rings. The minimum atomic E-state index is 0.853. The number of nitrogens with zero attached hydrogens (tertiary/aromatic N) is 2. The third kappa shape index (κ3) is 2.02. The molecule has 1 aromatic carbocycles. The Labute approximate surface area is 106 Å².